The third-order valence-corrected chi connectivity index (χ3v) is 5.09. The number of hydrogen-bond acceptors (Lipinski definition) is 6. The highest BCUT2D eigenvalue weighted by atomic mass is 16.5. The highest BCUT2D eigenvalue weighted by Gasteiger charge is 2.16. The van der Waals surface area contributed by atoms with Crippen molar-refractivity contribution in [3.63, 3.8) is 0 Å². The number of anilines is 2. The summed E-state index contributed by atoms with van der Waals surface area (Å²) in [5, 5.41) is 9.55. The Hall–Kier alpha value is -4.58. The summed E-state index contributed by atoms with van der Waals surface area (Å²) < 4.78 is 10.7. The van der Waals surface area contributed by atoms with Crippen molar-refractivity contribution >= 4 is 22.8 Å². The second kappa shape index (κ2) is 11.3. The van der Waals surface area contributed by atoms with E-state index in [0.717, 1.165) is 34.0 Å². The zero-order chi connectivity index (χ0) is 23.6. The van der Waals surface area contributed by atoms with Crippen LogP contribution in [0.4, 0.5) is 11.4 Å². The number of hydrazone groups is 2. The van der Waals surface area contributed by atoms with Crippen LogP contribution in [0.5, 0.6) is 11.5 Å². The molecule has 0 aromatic heterocycles. The summed E-state index contributed by atoms with van der Waals surface area (Å²) in [6.07, 6.45) is 0. The predicted molar refractivity (Wildman–Crippen MR) is 139 cm³/mol. The molecule has 0 unspecified atom stereocenters. The molecule has 2 N–H and O–H groups in total. The predicted octanol–water partition coefficient (Wildman–Crippen LogP) is 6.04. The molecule has 0 saturated heterocycles. The van der Waals surface area contributed by atoms with Crippen molar-refractivity contribution in [1.29, 1.82) is 0 Å². The largest absolute Gasteiger partial charge is 0.497 e. The lowest BCUT2D eigenvalue weighted by molar-refractivity contribution is 0.414. The normalized spacial score (nSPS) is 11.6. The van der Waals surface area contributed by atoms with E-state index in [0.29, 0.717) is 11.4 Å². The van der Waals surface area contributed by atoms with E-state index < -0.39 is 0 Å². The van der Waals surface area contributed by atoms with Crippen molar-refractivity contribution in [2.24, 2.45) is 10.2 Å². The molecule has 0 spiro atoms. The summed E-state index contributed by atoms with van der Waals surface area (Å²) in [6, 6.07) is 35.1. The zero-order valence-corrected chi connectivity index (χ0v) is 19.1. The lowest BCUT2D eigenvalue weighted by Crippen LogP contribution is -2.20. The topological polar surface area (TPSA) is 67.2 Å². The first-order valence-corrected chi connectivity index (χ1v) is 10.8. The van der Waals surface area contributed by atoms with Gasteiger partial charge in [0.1, 0.15) is 22.9 Å². The van der Waals surface area contributed by atoms with Gasteiger partial charge in [-0.05, 0) is 72.8 Å². The Morgan fingerprint density at radius 2 is 0.853 bits per heavy atom. The highest BCUT2D eigenvalue weighted by Crippen LogP contribution is 2.19. The van der Waals surface area contributed by atoms with Gasteiger partial charge in [-0.1, -0.05) is 36.4 Å². The van der Waals surface area contributed by atoms with Gasteiger partial charge in [0.2, 0.25) is 0 Å². The quantitative estimate of drug-likeness (QED) is 0.241. The molecule has 34 heavy (non-hydrogen) atoms. The van der Waals surface area contributed by atoms with Crippen molar-refractivity contribution < 1.29 is 9.47 Å². The Labute approximate surface area is 199 Å². The Balaban J connectivity index is 1.80. The lowest BCUT2D eigenvalue weighted by atomic mass is 9.99. The van der Waals surface area contributed by atoms with E-state index in [1.807, 2.05) is 109 Å². The monoisotopic (exact) mass is 450 g/mol. The molecule has 6 heteroatoms. The van der Waals surface area contributed by atoms with Crippen LogP contribution in [0, 0.1) is 0 Å². The van der Waals surface area contributed by atoms with Gasteiger partial charge in [0.15, 0.2) is 0 Å². The molecule has 4 rings (SSSR count). The second-order valence-electron chi connectivity index (χ2n) is 7.33. The fourth-order valence-electron chi connectivity index (χ4n) is 3.27. The Kier molecular flexibility index (Phi) is 7.54. The molecular formula is C28H26N4O2. The zero-order valence-electron chi connectivity index (χ0n) is 19.1. The average molecular weight is 451 g/mol. The van der Waals surface area contributed by atoms with E-state index in [-0.39, 0.29) is 0 Å². The minimum absolute atomic E-state index is 0.667. The van der Waals surface area contributed by atoms with Gasteiger partial charge in [-0.3, -0.25) is 10.9 Å². The number of hydrogen-bond donors (Lipinski definition) is 2. The number of nitrogens with zero attached hydrogens (tertiary/aromatic N) is 2. The summed E-state index contributed by atoms with van der Waals surface area (Å²) in [4.78, 5) is 0. The molecule has 0 amide bonds. The first-order valence-electron chi connectivity index (χ1n) is 10.8. The van der Waals surface area contributed by atoms with Crippen LogP contribution in [0.25, 0.3) is 0 Å². The minimum Gasteiger partial charge on any atom is -0.497 e. The molecule has 4 aromatic rings. The van der Waals surface area contributed by atoms with Gasteiger partial charge in [-0.25, -0.2) is 0 Å². The number of para-hydroxylation sites is 2. The van der Waals surface area contributed by atoms with Crippen LogP contribution < -0.4 is 20.3 Å². The van der Waals surface area contributed by atoms with E-state index >= 15 is 0 Å². The van der Waals surface area contributed by atoms with Crippen LogP contribution in [0.1, 0.15) is 11.1 Å². The summed E-state index contributed by atoms with van der Waals surface area (Å²) in [5.41, 5.74) is 11.2. The van der Waals surface area contributed by atoms with Crippen molar-refractivity contribution in [1.82, 2.24) is 0 Å². The lowest BCUT2D eigenvalue weighted by Gasteiger charge is -2.13. The minimum atomic E-state index is 0.667. The number of nitrogens with one attached hydrogen (secondary N) is 2. The molecule has 0 fully saturated rings. The molecule has 170 valence electrons. The SMILES string of the molecule is COc1ccc(C(=N/Nc2ccccc2)/C(=N/Nc2ccccc2)c2ccc(OC)cc2)cc1. The molecule has 4 aromatic carbocycles. The fraction of sp³-hybridized carbons (Fsp3) is 0.0714. The molecule has 0 aliphatic rings. The Morgan fingerprint density at radius 3 is 1.18 bits per heavy atom. The molecule has 6 nitrogen and oxygen atoms in total. The molecule has 0 saturated carbocycles. The number of methoxy groups -OCH3 is 2. The summed E-state index contributed by atoms with van der Waals surface area (Å²) in [7, 11) is 3.30. The van der Waals surface area contributed by atoms with E-state index in [1.165, 1.54) is 0 Å². The van der Waals surface area contributed by atoms with Gasteiger partial charge in [-0.15, -0.1) is 0 Å². The first kappa shape index (κ1) is 22.6. The molecule has 0 aliphatic carbocycles. The average Bonchev–Trinajstić information content (AvgIpc) is 2.92. The number of ether oxygens (including phenoxy) is 2. The standard InChI is InChI=1S/C28H26N4O2/c1-33-25-17-13-21(14-18-25)27(31-29-23-9-5-3-6-10-23)28(22-15-19-26(34-2)20-16-22)32-30-24-11-7-4-8-12-24/h3-20,29-30H,1-2H3/b31-27-,32-28+. The van der Waals surface area contributed by atoms with E-state index in [1.54, 1.807) is 14.2 Å². The van der Waals surface area contributed by atoms with Crippen LogP contribution in [-0.4, -0.2) is 25.6 Å². The fourth-order valence-corrected chi connectivity index (χ4v) is 3.27. The molecule has 0 atom stereocenters. The summed E-state index contributed by atoms with van der Waals surface area (Å²) in [6.45, 7) is 0. The maximum absolute atomic E-state index is 5.34. The second-order valence-corrected chi connectivity index (χ2v) is 7.33. The Bertz CT molecular complexity index is 1140. The molecule has 0 heterocycles. The smallest absolute Gasteiger partial charge is 0.119 e. The van der Waals surface area contributed by atoms with Crippen molar-refractivity contribution in [3.05, 3.63) is 120 Å². The third-order valence-electron chi connectivity index (χ3n) is 5.09. The van der Waals surface area contributed by atoms with Gasteiger partial charge in [0.25, 0.3) is 0 Å². The maximum Gasteiger partial charge on any atom is 0.119 e. The van der Waals surface area contributed by atoms with Crippen LogP contribution in [0.3, 0.4) is 0 Å². The van der Waals surface area contributed by atoms with Crippen LogP contribution in [0.2, 0.25) is 0 Å². The van der Waals surface area contributed by atoms with E-state index in [4.69, 9.17) is 19.7 Å². The summed E-state index contributed by atoms with van der Waals surface area (Å²) >= 11 is 0. The van der Waals surface area contributed by atoms with Gasteiger partial charge < -0.3 is 9.47 Å². The number of rotatable bonds is 9. The Morgan fingerprint density at radius 1 is 0.500 bits per heavy atom. The van der Waals surface area contributed by atoms with Gasteiger partial charge in [-0.2, -0.15) is 10.2 Å². The van der Waals surface area contributed by atoms with E-state index in [2.05, 4.69) is 10.9 Å². The van der Waals surface area contributed by atoms with Crippen molar-refractivity contribution in [2.45, 2.75) is 0 Å². The van der Waals surface area contributed by atoms with Gasteiger partial charge >= 0.3 is 0 Å². The first-order chi connectivity index (χ1) is 16.8. The number of benzene rings is 4. The van der Waals surface area contributed by atoms with Crippen molar-refractivity contribution in [3.8, 4) is 11.5 Å². The van der Waals surface area contributed by atoms with Gasteiger partial charge in [0, 0.05) is 11.1 Å². The molecule has 0 radical (unpaired) electrons. The van der Waals surface area contributed by atoms with Crippen LogP contribution in [-0.2, 0) is 0 Å². The molecular weight excluding hydrogens is 424 g/mol. The highest BCUT2D eigenvalue weighted by molar-refractivity contribution is 6.53. The van der Waals surface area contributed by atoms with Crippen LogP contribution >= 0.6 is 0 Å². The van der Waals surface area contributed by atoms with E-state index in [9.17, 15) is 0 Å². The third kappa shape index (κ3) is 5.81. The molecule has 0 aliphatic heterocycles. The van der Waals surface area contributed by atoms with Crippen LogP contribution in [0.15, 0.2) is 119 Å². The van der Waals surface area contributed by atoms with Crippen molar-refractivity contribution in [2.75, 3.05) is 25.1 Å². The maximum atomic E-state index is 5.34. The molecule has 0 bridgehead atoms. The van der Waals surface area contributed by atoms with Gasteiger partial charge in [0.05, 0.1) is 25.6 Å². The summed E-state index contributed by atoms with van der Waals surface area (Å²) in [5.74, 6) is 1.54.